The van der Waals surface area contributed by atoms with Crippen molar-refractivity contribution in [1.82, 2.24) is 10.6 Å². The Labute approximate surface area is 79.3 Å². The minimum absolute atomic E-state index is 0.0118. The molecule has 76 valence electrons. The Morgan fingerprint density at radius 3 is 3.00 bits per heavy atom. The largest absolute Gasteiger partial charge is 0.355 e. The topological polar surface area (TPSA) is 67.2 Å². The smallest absolute Gasteiger partial charge is 0.237 e. The third-order valence-corrected chi connectivity index (χ3v) is 2.50. The molecule has 4 heteroatoms. The second-order valence-corrected chi connectivity index (χ2v) is 3.63. The fourth-order valence-corrected chi connectivity index (χ4v) is 1.61. The van der Waals surface area contributed by atoms with Crippen LogP contribution in [0.5, 0.6) is 0 Å². The van der Waals surface area contributed by atoms with Crippen molar-refractivity contribution in [2.24, 2.45) is 11.7 Å². The van der Waals surface area contributed by atoms with Crippen LogP contribution in [0.2, 0.25) is 0 Å². The summed E-state index contributed by atoms with van der Waals surface area (Å²) in [5.41, 5.74) is 5.33. The second-order valence-electron chi connectivity index (χ2n) is 3.63. The van der Waals surface area contributed by atoms with Crippen LogP contribution < -0.4 is 16.4 Å². The number of amides is 1. The highest BCUT2D eigenvalue weighted by atomic mass is 16.2. The van der Waals surface area contributed by atoms with E-state index in [4.69, 9.17) is 5.73 Å². The van der Waals surface area contributed by atoms with Crippen LogP contribution in [0.4, 0.5) is 0 Å². The predicted molar refractivity (Wildman–Crippen MR) is 52.3 cm³/mol. The summed E-state index contributed by atoms with van der Waals surface area (Å²) in [5, 5.41) is 6.06. The van der Waals surface area contributed by atoms with Crippen LogP contribution in [0.3, 0.4) is 0 Å². The van der Waals surface area contributed by atoms with Crippen LogP contribution in [0.25, 0.3) is 0 Å². The first kappa shape index (κ1) is 10.5. The molecule has 13 heavy (non-hydrogen) atoms. The SMILES string of the molecule is CC1CCNC1C(=O)NCCCN. The molecule has 2 atom stereocenters. The van der Waals surface area contributed by atoms with Gasteiger partial charge in [0, 0.05) is 6.54 Å². The molecule has 0 aromatic rings. The molecular formula is C9H19N3O. The molecule has 0 spiro atoms. The molecule has 1 aliphatic rings. The quantitative estimate of drug-likeness (QED) is 0.515. The zero-order valence-corrected chi connectivity index (χ0v) is 8.18. The van der Waals surface area contributed by atoms with Gasteiger partial charge in [-0.15, -0.1) is 0 Å². The van der Waals surface area contributed by atoms with Crippen LogP contribution in [0.15, 0.2) is 0 Å². The molecule has 0 bridgehead atoms. The molecule has 4 nitrogen and oxygen atoms in total. The van der Waals surface area contributed by atoms with E-state index in [0.717, 1.165) is 19.4 Å². The van der Waals surface area contributed by atoms with Gasteiger partial charge in [0.2, 0.25) is 5.91 Å². The minimum atomic E-state index is 0.0118. The Morgan fingerprint density at radius 2 is 2.46 bits per heavy atom. The highest BCUT2D eigenvalue weighted by molar-refractivity contribution is 5.82. The van der Waals surface area contributed by atoms with Crippen molar-refractivity contribution >= 4 is 5.91 Å². The number of nitrogens with two attached hydrogens (primary N) is 1. The third kappa shape index (κ3) is 2.97. The monoisotopic (exact) mass is 185 g/mol. The van der Waals surface area contributed by atoms with E-state index in [1.165, 1.54) is 0 Å². The highest BCUT2D eigenvalue weighted by Crippen LogP contribution is 2.13. The number of nitrogens with one attached hydrogen (secondary N) is 2. The van der Waals surface area contributed by atoms with Gasteiger partial charge in [-0.05, 0) is 31.8 Å². The zero-order chi connectivity index (χ0) is 9.68. The zero-order valence-electron chi connectivity index (χ0n) is 8.18. The van der Waals surface area contributed by atoms with Gasteiger partial charge in [-0.25, -0.2) is 0 Å². The van der Waals surface area contributed by atoms with E-state index in [9.17, 15) is 4.79 Å². The maximum absolute atomic E-state index is 11.5. The van der Waals surface area contributed by atoms with Crippen molar-refractivity contribution in [3.8, 4) is 0 Å². The van der Waals surface area contributed by atoms with E-state index in [-0.39, 0.29) is 11.9 Å². The molecule has 1 amide bonds. The third-order valence-electron chi connectivity index (χ3n) is 2.50. The maximum Gasteiger partial charge on any atom is 0.237 e. The van der Waals surface area contributed by atoms with Crippen LogP contribution >= 0.6 is 0 Å². The molecule has 1 aliphatic heterocycles. The van der Waals surface area contributed by atoms with Crippen LogP contribution in [-0.2, 0) is 4.79 Å². The summed E-state index contributed by atoms with van der Waals surface area (Å²) in [6.45, 7) is 4.39. The lowest BCUT2D eigenvalue weighted by molar-refractivity contribution is -0.123. The highest BCUT2D eigenvalue weighted by Gasteiger charge is 2.28. The lowest BCUT2D eigenvalue weighted by atomic mass is 10.0. The molecule has 1 heterocycles. The second kappa shape index (κ2) is 5.19. The van der Waals surface area contributed by atoms with Crippen molar-refractivity contribution in [3.05, 3.63) is 0 Å². The maximum atomic E-state index is 11.5. The van der Waals surface area contributed by atoms with E-state index in [2.05, 4.69) is 17.6 Å². The van der Waals surface area contributed by atoms with E-state index < -0.39 is 0 Å². The van der Waals surface area contributed by atoms with E-state index in [0.29, 0.717) is 19.0 Å². The standard InChI is InChI=1S/C9H19N3O/c1-7-3-6-11-8(7)9(13)12-5-2-4-10/h7-8,11H,2-6,10H2,1H3,(H,12,13). The molecule has 0 aromatic carbocycles. The first-order valence-electron chi connectivity index (χ1n) is 4.97. The molecule has 0 aromatic heterocycles. The lowest BCUT2D eigenvalue weighted by Gasteiger charge is -2.14. The van der Waals surface area contributed by atoms with Crippen LogP contribution in [0, 0.1) is 5.92 Å². The molecule has 1 fully saturated rings. The van der Waals surface area contributed by atoms with Crippen molar-refractivity contribution in [2.45, 2.75) is 25.8 Å². The molecular weight excluding hydrogens is 166 g/mol. The Kier molecular flexibility index (Phi) is 4.18. The van der Waals surface area contributed by atoms with Gasteiger partial charge < -0.3 is 16.4 Å². The summed E-state index contributed by atoms with van der Waals surface area (Å²) in [5.74, 6) is 0.580. The average Bonchev–Trinajstić information content (AvgIpc) is 2.52. The Balaban J connectivity index is 2.22. The van der Waals surface area contributed by atoms with Gasteiger partial charge >= 0.3 is 0 Å². The Morgan fingerprint density at radius 1 is 1.69 bits per heavy atom. The van der Waals surface area contributed by atoms with Gasteiger partial charge in [-0.1, -0.05) is 6.92 Å². The number of rotatable bonds is 4. The summed E-state index contributed by atoms with van der Waals surface area (Å²) in [6, 6.07) is 0.0118. The first-order chi connectivity index (χ1) is 6.25. The minimum Gasteiger partial charge on any atom is -0.355 e. The van der Waals surface area contributed by atoms with Crippen molar-refractivity contribution in [1.29, 1.82) is 0 Å². The molecule has 1 rings (SSSR count). The number of hydrogen-bond donors (Lipinski definition) is 3. The molecule has 0 saturated carbocycles. The van der Waals surface area contributed by atoms with Gasteiger partial charge in [0.05, 0.1) is 6.04 Å². The lowest BCUT2D eigenvalue weighted by Crippen LogP contribution is -2.43. The molecule has 2 unspecified atom stereocenters. The Bertz CT molecular complexity index is 172. The van der Waals surface area contributed by atoms with Crippen molar-refractivity contribution in [3.63, 3.8) is 0 Å². The van der Waals surface area contributed by atoms with E-state index in [1.54, 1.807) is 0 Å². The summed E-state index contributed by atoms with van der Waals surface area (Å²) in [7, 11) is 0. The normalized spacial score (nSPS) is 27.5. The van der Waals surface area contributed by atoms with Gasteiger partial charge in [-0.2, -0.15) is 0 Å². The van der Waals surface area contributed by atoms with Crippen LogP contribution in [0.1, 0.15) is 19.8 Å². The van der Waals surface area contributed by atoms with Gasteiger partial charge in [-0.3, -0.25) is 4.79 Å². The summed E-state index contributed by atoms with van der Waals surface area (Å²) in [4.78, 5) is 11.5. The van der Waals surface area contributed by atoms with Gasteiger partial charge in [0.15, 0.2) is 0 Å². The number of carbonyl (C=O) groups is 1. The summed E-state index contributed by atoms with van der Waals surface area (Å²) < 4.78 is 0. The van der Waals surface area contributed by atoms with Crippen molar-refractivity contribution in [2.75, 3.05) is 19.6 Å². The van der Waals surface area contributed by atoms with Crippen LogP contribution in [-0.4, -0.2) is 31.6 Å². The molecule has 0 radical (unpaired) electrons. The van der Waals surface area contributed by atoms with E-state index >= 15 is 0 Å². The number of carbonyl (C=O) groups excluding carboxylic acids is 1. The summed E-state index contributed by atoms with van der Waals surface area (Å²) in [6.07, 6.45) is 1.95. The van der Waals surface area contributed by atoms with Gasteiger partial charge in [0.25, 0.3) is 0 Å². The Hall–Kier alpha value is -0.610. The average molecular weight is 185 g/mol. The van der Waals surface area contributed by atoms with E-state index in [1.807, 2.05) is 0 Å². The molecule has 1 saturated heterocycles. The predicted octanol–water partition coefficient (Wildman–Crippen LogP) is -0.551. The number of hydrogen-bond acceptors (Lipinski definition) is 3. The van der Waals surface area contributed by atoms with Gasteiger partial charge in [0.1, 0.15) is 0 Å². The summed E-state index contributed by atoms with van der Waals surface area (Å²) >= 11 is 0. The molecule has 4 N–H and O–H groups in total. The first-order valence-corrected chi connectivity index (χ1v) is 4.97. The molecule has 0 aliphatic carbocycles. The fraction of sp³-hybridized carbons (Fsp3) is 0.889. The van der Waals surface area contributed by atoms with Crippen molar-refractivity contribution < 1.29 is 4.79 Å². The fourth-order valence-electron chi connectivity index (χ4n) is 1.61.